The minimum absolute atomic E-state index is 0.0816. The van der Waals surface area contributed by atoms with Crippen molar-refractivity contribution < 1.29 is 14.3 Å². The van der Waals surface area contributed by atoms with E-state index in [4.69, 9.17) is 4.74 Å². The van der Waals surface area contributed by atoms with Crippen molar-refractivity contribution in [3.05, 3.63) is 12.2 Å². The molecule has 0 aromatic heterocycles. The fourth-order valence-electron chi connectivity index (χ4n) is 2.59. The van der Waals surface area contributed by atoms with E-state index in [1.165, 1.54) is 6.92 Å². The lowest BCUT2D eigenvalue weighted by atomic mass is 9.77. The molecule has 2 bridgehead atoms. The molecule has 0 saturated heterocycles. The zero-order valence-electron chi connectivity index (χ0n) is 8.66. The maximum Gasteiger partial charge on any atom is 0.303 e. The van der Waals surface area contributed by atoms with Crippen LogP contribution in [-0.2, 0) is 14.3 Å². The maximum atomic E-state index is 11.6. The van der Waals surface area contributed by atoms with Gasteiger partial charge in [-0.05, 0) is 6.08 Å². The van der Waals surface area contributed by atoms with E-state index in [0.29, 0.717) is 6.42 Å². The Morgan fingerprint density at radius 1 is 1.57 bits per heavy atom. The molecule has 2 aliphatic carbocycles. The van der Waals surface area contributed by atoms with Gasteiger partial charge >= 0.3 is 5.97 Å². The SMILES string of the molecule is CC(=O)OC12C=CC(C(=O)C1)C2(C)C. The van der Waals surface area contributed by atoms with Crippen LogP contribution in [0.4, 0.5) is 0 Å². The van der Waals surface area contributed by atoms with Crippen LogP contribution in [0.5, 0.6) is 0 Å². The van der Waals surface area contributed by atoms with Gasteiger partial charge in [0.05, 0.1) is 6.42 Å². The predicted octanol–water partition coefficient (Wildman–Crippen LogP) is 1.47. The molecule has 0 radical (unpaired) electrons. The summed E-state index contributed by atoms with van der Waals surface area (Å²) in [6.45, 7) is 5.34. The normalized spacial score (nSPS) is 37.6. The fourth-order valence-corrected chi connectivity index (χ4v) is 2.59. The van der Waals surface area contributed by atoms with Gasteiger partial charge in [-0.1, -0.05) is 19.9 Å². The molecule has 2 aliphatic rings. The van der Waals surface area contributed by atoms with Crippen molar-refractivity contribution in [1.29, 1.82) is 0 Å². The van der Waals surface area contributed by atoms with Crippen molar-refractivity contribution >= 4 is 11.8 Å². The van der Waals surface area contributed by atoms with E-state index >= 15 is 0 Å². The van der Waals surface area contributed by atoms with Gasteiger partial charge in [-0.25, -0.2) is 0 Å². The van der Waals surface area contributed by atoms with E-state index in [2.05, 4.69) is 0 Å². The molecule has 0 N–H and O–H groups in total. The van der Waals surface area contributed by atoms with Crippen LogP contribution in [0.25, 0.3) is 0 Å². The van der Waals surface area contributed by atoms with Crippen LogP contribution >= 0.6 is 0 Å². The summed E-state index contributed by atoms with van der Waals surface area (Å²) in [6, 6.07) is 0. The lowest BCUT2D eigenvalue weighted by Gasteiger charge is -2.35. The Bertz CT molecular complexity index is 340. The lowest BCUT2D eigenvalue weighted by Crippen LogP contribution is -2.41. The van der Waals surface area contributed by atoms with Crippen molar-refractivity contribution in [2.75, 3.05) is 0 Å². The van der Waals surface area contributed by atoms with E-state index in [9.17, 15) is 9.59 Å². The number of rotatable bonds is 1. The molecule has 14 heavy (non-hydrogen) atoms. The molecule has 3 nitrogen and oxygen atoms in total. The quantitative estimate of drug-likeness (QED) is 0.469. The van der Waals surface area contributed by atoms with Gasteiger partial charge in [-0.2, -0.15) is 0 Å². The van der Waals surface area contributed by atoms with Crippen LogP contribution < -0.4 is 0 Å². The summed E-state index contributed by atoms with van der Waals surface area (Å²) in [5, 5.41) is 0. The van der Waals surface area contributed by atoms with Crippen molar-refractivity contribution in [2.24, 2.45) is 11.3 Å². The van der Waals surface area contributed by atoms with Gasteiger partial charge in [0.1, 0.15) is 11.4 Å². The first-order valence-corrected chi connectivity index (χ1v) is 4.81. The Labute approximate surface area is 83.1 Å². The Morgan fingerprint density at radius 2 is 2.21 bits per heavy atom. The van der Waals surface area contributed by atoms with Crippen molar-refractivity contribution in [1.82, 2.24) is 0 Å². The van der Waals surface area contributed by atoms with Crippen LogP contribution in [-0.4, -0.2) is 17.4 Å². The second kappa shape index (κ2) is 2.47. The highest BCUT2D eigenvalue weighted by atomic mass is 16.6. The summed E-state index contributed by atoms with van der Waals surface area (Å²) in [5.41, 5.74) is -0.962. The molecule has 76 valence electrons. The number of carbonyl (C=O) groups is 2. The van der Waals surface area contributed by atoms with Gasteiger partial charge in [0.2, 0.25) is 0 Å². The van der Waals surface area contributed by atoms with Crippen LogP contribution in [0, 0.1) is 11.3 Å². The summed E-state index contributed by atoms with van der Waals surface area (Å²) in [4.78, 5) is 22.6. The van der Waals surface area contributed by atoms with Crippen molar-refractivity contribution in [3.8, 4) is 0 Å². The number of ether oxygens (including phenoxy) is 1. The van der Waals surface area contributed by atoms with Gasteiger partial charge in [0, 0.05) is 18.3 Å². The second-order valence-electron chi connectivity index (χ2n) is 4.68. The molecule has 1 saturated carbocycles. The molecule has 2 atom stereocenters. The minimum Gasteiger partial charge on any atom is -0.454 e. The third-order valence-electron chi connectivity index (χ3n) is 3.54. The minimum atomic E-state index is -0.680. The summed E-state index contributed by atoms with van der Waals surface area (Å²) in [7, 11) is 0. The second-order valence-corrected chi connectivity index (χ2v) is 4.68. The largest absolute Gasteiger partial charge is 0.454 e. The topological polar surface area (TPSA) is 43.4 Å². The van der Waals surface area contributed by atoms with Crippen LogP contribution in [0.2, 0.25) is 0 Å². The zero-order valence-corrected chi connectivity index (χ0v) is 8.66. The molecule has 0 aromatic carbocycles. The van der Waals surface area contributed by atoms with Gasteiger partial charge in [-0.3, -0.25) is 9.59 Å². The van der Waals surface area contributed by atoms with E-state index in [0.717, 1.165) is 0 Å². The molecule has 0 amide bonds. The first kappa shape index (κ1) is 9.44. The van der Waals surface area contributed by atoms with E-state index < -0.39 is 5.60 Å². The molecule has 0 heterocycles. The van der Waals surface area contributed by atoms with Gasteiger partial charge < -0.3 is 4.74 Å². The summed E-state index contributed by atoms with van der Waals surface area (Å²) in [5.74, 6) is -0.223. The highest BCUT2D eigenvalue weighted by Crippen LogP contribution is 2.56. The van der Waals surface area contributed by atoms with Crippen molar-refractivity contribution in [2.45, 2.75) is 32.8 Å². The van der Waals surface area contributed by atoms with Crippen LogP contribution in [0.1, 0.15) is 27.2 Å². The number of allylic oxidation sites excluding steroid dienone is 1. The highest BCUT2D eigenvalue weighted by molar-refractivity contribution is 5.90. The van der Waals surface area contributed by atoms with Crippen LogP contribution in [0.15, 0.2) is 12.2 Å². The number of hydrogen-bond acceptors (Lipinski definition) is 3. The molecular weight excluding hydrogens is 180 g/mol. The first-order valence-electron chi connectivity index (χ1n) is 4.81. The average molecular weight is 194 g/mol. The number of ketones is 1. The van der Waals surface area contributed by atoms with Crippen LogP contribution in [0.3, 0.4) is 0 Å². The van der Waals surface area contributed by atoms with Crippen molar-refractivity contribution in [3.63, 3.8) is 0 Å². The molecule has 0 spiro atoms. The molecule has 2 unspecified atom stereocenters. The first-order chi connectivity index (χ1) is 6.39. The lowest BCUT2D eigenvalue weighted by molar-refractivity contribution is -0.159. The number of hydrogen-bond donors (Lipinski definition) is 0. The average Bonchev–Trinajstić information content (AvgIpc) is 2.31. The van der Waals surface area contributed by atoms with E-state index in [1.54, 1.807) is 0 Å². The number of carbonyl (C=O) groups excluding carboxylic acids is 2. The van der Waals surface area contributed by atoms with Gasteiger partial charge in [0.15, 0.2) is 0 Å². The Kier molecular flexibility index (Phi) is 1.66. The zero-order chi connectivity index (χ0) is 10.6. The number of fused-ring (bicyclic) bond motifs is 2. The van der Waals surface area contributed by atoms with E-state index in [-0.39, 0.29) is 23.1 Å². The third kappa shape index (κ3) is 0.925. The maximum absolute atomic E-state index is 11.6. The smallest absolute Gasteiger partial charge is 0.303 e. The molecule has 3 heteroatoms. The molecule has 1 fully saturated rings. The molecular formula is C11H14O3. The molecule has 2 rings (SSSR count). The monoisotopic (exact) mass is 194 g/mol. The summed E-state index contributed by atoms with van der Waals surface area (Å²) < 4.78 is 5.33. The predicted molar refractivity (Wildman–Crippen MR) is 50.5 cm³/mol. The Hall–Kier alpha value is -1.12. The Balaban J connectivity index is 2.40. The van der Waals surface area contributed by atoms with Gasteiger partial charge in [0.25, 0.3) is 0 Å². The fraction of sp³-hybridized carbons (Fsp3) is 0.636. The van der Waals surface area contributed by atoms with E-state index in [1.807, 2.05) is 26.0 Å². The highest BCUT2D eigenvalue weighted by Gasteiger charge is 2.62. The number of Topliss-reactive ketones (excluding diaryl/α,β-unsaturated/α-hetero) is 1. The van der Waals surface area contributed by atoms with Gasteiger partial charge in [-0.15, -0.1) is 0 Å². The number of esters is 1. The standard InChI is InChI=1S/C11H14O3/c1-7(12)14-11-5-4-8(9(13)6-11)10(11,2)3/h4-5,8H,6H2,1-3H3. The molecule has 0 aliphatic heterocycles. The third-order valence-corrected chi connectivity index (χ3v) is 3.54. The Morgan fingerprint density at radius 3 is 2.57 bits per heavy atom. The summed E-state index contributed by atoms with van der Waals surface area (Å²) in [6.07, 6.45) is 4.08. The summed E-state index contributed by atoms with van der Waals surface area (Å²) >= 11 is 0. The molecule has 0 aromatic rings.